The summed E-state index contributed by atoms with van der Waals surface area (Å²) in [5.74, 6) is 6.84. The fraction of sp³-hybridized carbons (Fsp3) is 0.875. The first-order valence-corrected chi connectivity index (χ1v) is 4.31. The Morgan fingerprint density at radius 1 is 1.36 bits per heavy atom. The van der Waals surface area contributed by atoms with Gasteiger partial charge >= 0.3 is 0 Å². The molecule has 1 amide bonds. The van der Waals surface area contributed by atoms with E-state index in [1.165, 1.54) is 19.3 Å². The molecule has 0 unspecified atom stereocenters. The molecule has 62 valence electrons. The van der Waals surface area contributed by atoms with E-state index >= 15 is 0 Å². The lowest BCUT2D eigenvalue weighted by molar-refractivity contribution is -0.126. The molecule has 0 aliphatic heterocycles. The second-order valence-corrected chi connectivity index (χ2v) is 3.79. The molecule has 2 fully saturated rings. The van der Waals surface area contributed by atoms with Crippen molar-refractivity contribution in [2.75, 3.05) is 0 Å². The summed E-state index contributed by atoms with van der Waals surface area (Å²) in [5.41, 5.74) is 2.25. The van der Waals surface area contributed by atoms with Crippen LogP contribution in [0.5, 0.6) is 0 Å². The first-order chi connectivity index (χ1) is 5.31. The largest absolute Gasteiger partial charge is 0.294 e. The van der Waals surface area contributed by atoms with Crippen molar-refractivity contribution in [3.8, 4) is 0 Å². The summed E-state index contributed by atoms with van der Waals surface area (Å²) in [6.07, 6.45) is 4.91. The van der Waals surface area contributed by atoms with Gasteiger partial charge in [-0.25, -0.2) is 5.84 Å². The topological polar surface area (TPSA) is 55.1 Å². The lowest BCUT2D eigenvalue weighted by Gasteiger charge is -2.19. The number of hydrazine groups is 1. The van der Waals surface area contributed by atoms with Gasteiger partial charge in [0.15, 0.2) is 0 Å². The molecular weight excluding hydrogens is 140 g/mol. The number of carbonyl (C=O) groups excluding carboxylic acids is 1. The highest BCUT2D eigenvalue weighted by molar-refractivity contribution is 5.78. The van der Waals surface area contributed by atoms with Gasteiger partial charge in [0.2, 0.25) is 5.91 Å². The van der Waals surface area contributed by atoms with Crippen LogP contribution >= 0.6 is 0 Å². The molecule has 2 aliphatic carbocycles. The normalized spacial score (nSPS) is 41.0. The minimum Gasteiger partial charge on any atom is -0.294 e. The van der Waals surface area contributed by atoms with E-state index in [-0.39, 0.29) is 11.8 Å². The van der Waals surface area contributed by atoms with Gasteiger partial charge in [-0.15, -0.1) is 0 Å². The average Bonchev–Trinajstić information content (AvgIpc) is 2.62. The van der Waals surface area contributed by atoms with Crippen molar-refractivity contribution in [1.29, 1.82) is 0 Å². The minimum absolute atomic E-state index is 0.0530. The number of hydrogen-bond acceptors (Lipinski definition) is 2. The zero-order valence-electron chi connectivity index (χ0n) is 6.55. The first kappa shape index (κ1) is 7.10. The SMILES string of the molecule is NNC(=O)[C@H]1C[C@@H]2CC[C@H]1C2. The Morgan fingerprint density at radius 2 is 2.18 bits per heavy atom. The van der Waals surface area contributed by atoms with Crippen LogP contribution in [0.15, 0.2) is 0 Å². The summed E-state index contributed by atoms with van der Waals surface area (Å²) in [6.45, 7) is 0. The summed E-state index contributed by atoms with van der Waals surface area (Å²) in [5, 5.41) is 0. The lowest BCUT2D eigenvalue weighted by atomic mass is 9.88. The Bertz CT molecular complexity index is 181. The number of fused-ring (bicyclic) bond motifs is 2. The van der Waals surface area contributed by atoms with E-state index in [0.717, 1.165) is 12.3 Å². The van der Waals surface area contributed by atoms with Gasteiger partial charge in [0.25, 0.3) is 0 Å². The quantitative estimate of drug-likeness (QED) is 0.326. The van der Waals surface area contributed by atoms with Crippen molar-refractivity contribution < 1.29 is 4.79 Å². The first-order valence-electron chi connectivity index (χ1n) is 4.31. The van der Waals surface area contributed by atoms with Crippen molar-refractivity contribution in [2.24, 2.45) is 23.6 Å². The van der Waals surface area contributed by atoms with Gasteiger partial charge in [-0.05, 0) is 31.1 Å². The molecule has 11 heavy (non-hydrogen) atoms. The van der Waals surface area contributed by atoms with E-state index in [0.29, 0.717) is 5.92 Å². The number of rotatable bonds is 1. The number of carbonyl (C=O) groups is 1. The molecule has 2 bridgehead atoms. The summed E-state index contributed by atoms with van der Waals surface area (Å²) >= 11 is 0. The Labute approximate surface area is 66.3 Å². The maximum absolute atomic E-state index is 11.2. The number of hydrogen-bond donors (Lipinski definition) is 2. The van der Waals surface area contributed by atoms with Crippen LogP contribution in [0, 0.1) is 17.8 Å². The molecular formula is C8H14N2O. The highest BCUT2D eigenvalue weighted by Gasteiger charge is 2.42. The fourth-order valence-corrected chi connectivity index (χ4v) is 2.67. The Morgan fingerprint density at radius 3 is 2.64 bits per heavy atom. The average molecular weight is 154 g/mol. The molecule has 2 rings (SSSR count). The zero-order chi connectivity index (χ0) is 7.84. The molecule has 3 N–H and O–H groups in total. The van der Waals surface area contributed by atoms with Gasteiger partial charge in [0, 0.05) is 5.92 Å². The van der Waals surface area contributed by atoms with Gasteiger partial charge < -0.3 is 0 Å². The summed E-state index contributed by atoms with van der Waals surface area (Å²) in [7, 11) is 0. The minimum atomic E-state index is 0.0530. The summed E-state index contributed by atoms with van der Waals surface area (Å²) in [6, 6.07) is 0. The fourth-order valence-electron chi connectivity index (χ4n) is 2.67. The van der Waals surface area contributed by atoms with Gasteiger partial charge in [-0.2, -0.15) is 0 Å². The molecule has 2 aliphatic rings. The van der Waals surface area contributed by atoms with Crippen molar-refractivity contribution in [1.82, 2.24) is 5.43 Å². The third-order valence-electron chi connectivity index (χ3n) is 3.22. The Kier molecular flexibility index (Phi) is 1.60. The molecule has 0 aromatic heterocycles. The van der Waals surface area contributed by atoms with Crippen LogP contribution in [-0.2, 0) is 4.79 Å². The summed E-state index contributed by atoms with van der Waals surface area (Å²) in [4.78, 5) is 11.2. The van der Waals surface area contributed by atoms with E-state index in [1.807, 2.05) is 0 Å². The van der Waals surface area contributed by atoms with Crippen molar-refractivity contribution in [3.63, 3.8) is 0 Å². The number of amides is 1. The van der Waals surface area contributed by atoms with E-state index in [9.17, 15) is 4.79 Å². The zero-order valence-corrected chi connectivity index (χ0v) is 6.55. The van der Waals surface area contributed by atoms with Gasteiger partial charge in [0.05, 0.1) is 0 Å². The molecule has 0 aromatic carbocycles. The Balaban J connectivity index is 2.02. The standard InChI is InChI=1S/C8H14N2O/c9-10-8(11)7-4-5-1-2-6(7)3-5/h5-7H,1-4,9H2,(H,10,11)/t5-,6+,7+/m1/s1. The Hall–Kier alpha value is -0.570. The molecule has 0 spiro atoms. The van der Waals surface area contributed by atoms with E-state index in [1.54, 1.807) is 0 Å². The van der Waals surface area contributed by atoms with Gasteiger partial charge in [-0.3, -0.25) is 10.2 Å². The maximum atomic E-state index is 11.2. The highest BCUT2D eigenvalue weighted by atomic mass is 16.2. The predicted octanol–water partition coefficient (Wildman–Crippen LogP) is 0.412. The molecule has 3 nitrogen and oxygen atoms in total. The number of nitrogens with one attached hydrogen (secondary N) is 1. The van der Waals surface area contributed by atoms with E-state index < -0.39 is 0 Å². The molecule has 0 aromatic rings. The monoisotopic (exact) mass is 154 g/mol. The molecule has 0 radical (unpaired) electrons. The van der Waals surface area contributed by atoms with Crippen LogP contribution in [0.3, 0.4) is 0 Å². The molecule has 0 saturated heterocycles. The van der Waals surface area contributed by atoms with Crippen molar-refractivity contribution >= 4 is 5.91 Å². The second kappa shape index (κ2) is 2.48. The van der Waals surface area contributed by atoms with Crippen molar-refractivity contribution in [3.05, 3.63) is 0 Å². The van der Waals surface area contributed by atoms with Crippen LogP contribution in [0.2, 0.25) is 0 Å². The molecule has 3 atom stereocenters. The highest BCUT2D eigenvalue weighted by Crippen LogP contribution is 2.48. The molecule has 0 heterocycles. The van der Waals surface area contributed by atoms with Gasteiger partial charge in [0.1, 0.15) is 0 Å². The molecule has 2 saturated carbocycles. The van der Waals surface area contributed by atoms with Crippen molar-refractivity contribution in [2.45, 2.75) is 25.7 Å². The summed E-state index contributed by atoms with van der Waals surface area (Å²) < 4.78 is 0. The maximum Gasteiger partial charge on any atom is 0.237 e. The van der Waals surface area contributed by atoms with E-state index in [4.69, 9.17) is 5.84 Å². The third kappa shape index (κ3) is 1.03. The van der Waals surface area contributed by atoms with Crippen LogP contribution in [0.1, 0.15) is 25.7 Å². The predicted molar refractivity (Wildman–Crippen MR) is 41.3 cm³/mol. The van der Waals surface area contributed by atoms with Crippen LogP contribution in [0.25, 0.3) is 0 Å². The molecule has 3 heteroatoms. The van der Waals surface area contributed by atoms with Crippen LogP contribution in [-0.4, -0.2) is 5.91 Å². The van der Waals surface area contributed by atoms with Crippen LogP contribution in [0.4, 0.5) is 0 Å². The number of nitrogens with two attached hydrogens (primary N) is 1. The smallest absolute Gasteiger partial charge is 0.237 e. The van der Waals surface area contributed by atoms with E-state index in [2.05, 4.69) is 5.43 Å². The lowest BCUT2D eigenvalue weighted by Crippen LogP contribution is -2.37. The van der Waals surface area contributed by atoms with Gasteiger partial charge in [-0.1, -0.05) is 6.42 Å². The second-order valence-electron chi connectivity index (χ2n) is 3.79. The third-order valence-corrected chi connectivity index (χ3v) is 3.22. The van der Waals surface area contributed by atoms with Crippen LogP contribution < -0.4 is 11.3 Å².